The number of amides is 1. The number of hydrogen-bond acceptors (Lipinski definition) is 11. The van der Waals surface area contributed by atoms with Gasteiger partial charge in [-0.3, -0.25) is 0 Å². The van der Waals surface area contributed by atoms with Crippen molar-refractivity contribution in [1.29, 1.82) is 0 Å². The van der Waals surface area contributed by atoms with Crippen LogP contribution in [0.5, 0.6) is 0 Å². The predicted molar refractivity (Wildman–Crippen MR) is 89.4 cm³/mol. The fourth-order valence-electron chi connectivity index (χ4n) is 2.11. The van der Waals surface area contributed by atoms with E-state index in [1.54, 1.807) is 0 Å². The molecule has 156 valence electrons. The Morgan fingerprint density at radius 2 is 2.19 bits per heavy atom. The van der Waals surface area contributed by atoms with Crippen molar-refractivity contribution in [2.45, 2.75) is 25.0 Å². The second-order valence-electron chi connectivity index (χ2n) is 5.14. The van der Waals surface area contributed by atoms with E-state index in [1.807, 2.05) is 0 Å². The van der Waals surface area contributed by atoms with Gasteiger partial charge in [-0.05, 0) is 0 Å². The monoisotopic (exact) mass is 472 g/mol. The third-order valence-corrected chi connectivity index (χ3v) is 8.00. The van der Waals surface area contributed by atoms with Gasteiger partial charge in [0.15, 0.2) is 0 Å². The van der Waals surface area contributed by atoms with E-state index < -0.39 is 59.8 Å². The summed E-state index contributed by atoms with van der Waals surface area (Å²) < 4.78 is 53.0. The van der Waals surface area contributed by atoms with Crippen LogP contribution < -0.4 is 5.73 Å². The van der Waals surface area contributed by atoms with Crippen LogP contribution >= 0.6 is 35.6 Å². The van der Waals surface area contributed by atoms with E-state index in [1.165, 1.54) is 0 Å². The maximum absolute atomic E-state index is 13.6. The van der Waals surface area contributed by atoms with Gasteiger partial charge in [0.25, 0.3) is 0 Å². The number of nitrogens with zero attached hydrogens (tertiary/aromatic N) is 1. The van der Waals surface area contributed by atoms with E-state index in [9.17, 15) is 28.1 Å². The van der Waals surface area contributed by atoms with Crippen molar-refractivity contribution in [2.75, 3.05) is 6.61 Å². The van der Waals surface area contributed by atoms with Crippen molar-refractivity contribution in [3.63, 3.8) is 0 Å². The molecule has 1 saturated heterocycles. The van der Waals surface area contributed by atoms with Crippen LogP contribution in [0.3, 0.4) is 0 Å². The summed E-state index contributed by atoms with van der Waals surface area (Å²) >= 11 is 0.583. The molecular formula is C9H16FN2O11P3S. The van der Waals surface area contributed by atoms with Crippen LogP contribution in [0.15, 0.2) is 0 Å². The van der Waals surface area contributed by atoms with Gasteiger partial charge in [0, 0.05) is 0 Å². The van der Waals surface area contributed by atoms with Crippen molar-refractivity contribution in [3.8, 4) is 0 Å². The third kappa shape index (κ3) is 6.86. The molecule has 1 aliphatic heterocycles. The van der Waals surface area contributed by atoms with Crippen LogP contribution in [0.4, 0.5) is 4.39 Å². The summed E-state index contributed by atoms with van der Waals surface area (Å²) in [5.74, 6) is -1.03. The third-order valence-electron chi connectivity index (χ3n) is 3.10. The molecule has 4 atom stereocenters. The molecule has 18 heteroatoms. The van der Waals surface area contributed by atoms with Gasteiger partial charge in [-0.15, -0.1) is 0 Å². The van der Waals surface area contributed by atoms with Crippen molar-refractivity contribution in [1.82, 2.24) is 4.98 Å². The number of carbonyl (C=O) groups is 1. The normalized spacial score (nSPS) is 24.5. The van der Waals surface area contributed by atoms with Crippen molar-refractivity contribution < 1.29 is 55.8 Å². The molecule has 2 unspecified atom stereocenters. The zero-order valence-corrected chi connectivity index (χ0v) is 16.9. The Labute approximate surface area is 156 Å². The molecule has 1 aromatic heterocycles. The van der Waals surface area contributed by atoms with Crippen molar-refractivity contribution in [2.24, 2.45) is 5.73 Å². The number of thiazole rings is 1. The first-order valence-corrected chi connectivity index (χ1v) is 12.3. The average molecular weight is 472 g/mol. The maximum atomic E-state index is 13.6. The van der Waals surface area contributed by atoms with Crippen LogP contribution in [-0.4, -0.2) is 43.2 Å². The molecule has 0 radical (unpaired) electrons. The first kappa shape index (κ1) is 22.9. The summed E-state index contributed by atoms with van der Waals surface area (Å²) in [7, 11) is -14.3. The van der Waals surface area contributed by atoms with Crippen LogP contribution in [0.1, 0.15) is 34.4 Å². The molecule has 1 fully saturated rings. The van der Waals surface area contributed by atoms with Crippen LogP contribution in [0.2, 0.25) is 0 Å². The molecule has 6 N–H and O–H groups in total. The number of primary amides is 1. The minimum atomic E-state index is -5.22. The van der Waals surface area contributed by atoms with Gasteiger partial charge in [0.05, 0.1) is 0 Å². The Morgan fingerprint density at radius 3 is 2.74 bits per heavy atom. The first-order valence-electron chi connectivity index (χ1n) is 7.05. The van der Waals surface area contributed by atoms with E-state index in [2.05, 4.69) is 18.1 Å². The SMILES string of the molecule is NC(=O)c1nc([C@H]2CC[C@@H](CO[PH](O)(O)OP(=O)(O)O[PH](=O)O)O2)sc1F. The molecule has 2 heterocycles. The molecule has 0 saturated carbocycles. The topological polar surface area (TPSA) is 208 Å². The number of hydrogen-bond donors (Lipinski definition) is 5. The zero-order chi connectivity index (χ0) is 20.4. The number of rotatable bonds is 9. The molecule has 0 spiro atoms. The number of carbonyl (C=O) groups excluding carboxylic acids is 1. The van der Waals surface area contributed by atoms with Crippen LogP contribution in [-0.2, 0) is 27.0 Å². The molecule has 13 nitrogen and oxygen atoms in total. The van der Waals surface area contributed by atoms with Crippen LogP contribution in [0.25, 0.3) is 0 Å². The molecular weight excluding hydrogens is 456 g/mol. The van der Waals surface area contributed by atoms with E-state index in [0.29, 0.717) is 24.2 Å². The quantitative estimate of drug-likeness (QED) is 0.312. The second kappa shape index (κ2) is 8.95. The number of ether oxygens (including phenoxy) is 1. The van der Waals surface area contributed by atoms with E-state index >= 15 is 0 Å². The number of phosphoric acid groups is 1. The van der Waals surface area contributed by atoms with Crippen molar-refractivity contribution in [3.05, 3.63) is 15.8 Å². The van der Waals surface area contributed by atoms with E-state index in [4.69, 9.17) is 20.3 Å². The molecule has 0 aromatic carbocycles. The summed E-state index contributed by atoms with van der Waals surface area (Å²) in [6.07, 6.45) is -0.753. The number of nitrogens with two attached hydrogens (primary N) is 1. The Kier molecular flexibility index (Phi) is 7.59. The molecule has 27 heavy (non-hydrogen) atoms. The van der Waals surface area contributed by atoms with E-state index in [-0.39, 0.29) is 5.01 Å². The Hall–Kier alpha value is -0.400. The summed E-state index contributed by atoms with van der Waals surface area (Å²) in [6.45, 7) is -0.486. The van der Waals surface area contributed by atoms with Gasteiger partial charge in [0.1, 0.15) is 0 Å². The first-order chi connectivity index (χ1) is 12.4. The van der Waals surface area contributed by atoms with Gasteiger partial charge < -0.3 is 0 Å². The Morgan fingerprint density at radius 1 is 1.52 bits per heavy atom. The molecule has 2 rings (SSSR count). The fourth-order valence-corrected chi connectivity index (χ4v) is 6.07. The van der Waals surface area contributed by atoms with Gasteiger partial charge in [-0.2, -0.15) is 0 Å². The molecule has 1 aromatic rings. The second-order valence-corrected chi connectivity index (χ2v) is 10.4. The Bertz CT molecular complexity index is 776. The van der Waals surface area contributed by atoms with Gasteiger partial charge in [-0.1, -0.05) is 0 Å². The Balaban J connectivity index is 1.89. The van der Waals surface area contributed by atoms with Crippen LogP contribution in [0, 0.1) is 5.13 Å². The van der Waals surface area contributed by atoms with Gasteiger partial charge in [0.2, 0.25) is 0 Å². The van der Waals surface area contributed by atoms with E-state index in [0.717, 1.165) is 0 Å². The minimum absolute atomic E-state index is 0.165. The molecule has 0 bridgehead atoms. The zero-order valence-electron chi connectivity index (χ0n) is 13.2. The molecule has 0 aliphatic carbocycles. The van der Waals surface area contributed by atoms with Crippen molar-refractivity contribution >= 4 is 41.5 Å². The summed E-state index contributed by atoms with van der Waals surface area (Å²) in [5.41, 5.74) is 4.47. The summed E-state index contributed by atoms with van der Waals surface area (Å²) in [6, 6.07) is 0. The predicted octanol–water partition coefficient (Wildman–Crippen LogP) is 0.528. The van der Waals surface area contributed by atoms with Gasteiger partial charge >= 0.3 is 155 Å². The summed E-state index contributed by atoms with van der Waals surface area (Å²) in [4.78, 5) is 51.3. The fraction of sp³-hybridized carbons (Fsp3) is 0.556. The average Bonchev–Trinajstić information content (AvgIpc) is 3.08. The van der Waals surface area contributed by atoms with Gasteiger partial charge in [-0.25, -0.2) is 0 Å². The summed E-state index contributed by atoms with van der Waals surface area (Å²) in [5, 5.41) is -0.689. The molecule has 1 amide bonds. The number of halogens is 1. The molecule has 1 aliphatic rings. The standard InChI is InChI=1S/C9H16FN2O11P3S/c10-7-6(8(11)13)12-9(27-7)5-2-1-4(21-5)3-20-25(16,17)23-26(18,19)22-24(14)15/h4-5,16-17,24-25H,1-3H2,(H2,11,13)(H,14,15)(H,18,19)/t4-,5+/m0/s1. The number of aromatic nitrogens is 1.